The number of hydrogen-bond donors (Lipinski definition) is 1. The van der Waals surface area contributed by atoms with Crippen LogP contribution in [0.4, 0.5) is 0 Å². The fourth-order valence-electron chi connectivity index (χ4n) is 1.86. The molecular weight excluding hydrogens is 330 g/mol. The number of carbonyl (C=O) groups excluding carboxylic acids is 3. The van der Waals surface area contributed by atoms with Crippen LogP contribution >= 0.6 is 11.8 Å². The van der Waals surface area contributed by atoms with E-state index >= 15 is 0 Å². The molecule has 0 unspecified atom stereocenters. The van der Waals surface area contributed by atoms with Crippen molar-refractivity contribution in [3.8, 4) is 0 Å². The summed E-state index contributed by atoms with van der Waals surface area (Å²) in [5.74, 6) is 1.04. The highest BCUT2D eigenvalue weighted by Crippen LogP contribution is 2.16. The number of Topliss-reactive ketones (excluding diaryl/α,β-unsaturated/α-hetero) is 1. The van der Waals surface area contributed by atoms with E-state index in [1.807, 2.05) is 6.92 Å². The molecule has 0 rings (SSSR count). The first-order valence-electron chi connectivity index (χ1n) is 8.54. The summed E-state index contributed by atoms with van der Waals surface area (Å²) in [5, 5.41) is 2.86. The maximum absolute atomic E-state index is 11.7. The molecule has 0 radical (unpaired) electrons. The van der Waals surface area contributed by atoms with Crippen LogP contribution < -0.4 is 5.32 Å². The smallest absolute Gasteiger partial charge is 0.305 e. The topological polar surface area (TPSA) is 81.7 Å². The van der Waals surface area contributed by atoms with Crippen LogP contribution in [0.3, 0.4) is 0 Å². The number of carbonyl (C=O) groups is 3. The summed E-state index contributed by atoms with van der Waals surface area (Å²) in [7, 11) is 1.75. The second-order valence-electron chi connectivity index (χ2n) is 5.62. The number of esters is 2. The third kappa shape index (κ3) is 11.5. The van der Waals surface area contributed by atoms with Gasteiger partial charge < -0.3 is 14.8 Å². The van der Waals surface area contributed by atoms with Gasteiger partial charge in [0, 0.05) is 30.3 Å². The van der Waals surface area contributed by atoms with Gasteiger partial charge in [0.15, 0.2) is 0 Å². The fourth-order valence-corrected chi connectivity index (χ4v) is 3.04. The average Bonchev–Trinajstić information content (AvgIpc) is 2.57. The van der Waals surface area contributed by atoms with Gasteiger partial charge in [-0.15, -0.1) is 0 Å². The second-order valence-corrected chi connectivity index (χ2v) is 6.69. The molecule has 2 atom stereocenters. The molecule has 0 aromatic carbocycles. The van der Waals surface area contributed by atoms with E-state index in [0.29, 0.717) is 50.3 Å². The zero-order valence-electron chi connectivity index (χ0n) is 15.3. The monoisotopic (exact) mass is 361 g/mol. The minimum absolute atomic E-state index is 0.0320. The molecule has 0 aromatic rings. The molecule has 0 aliphatic carbocycles. The van der Waals surface area contributed by atoms with Gasteiger partial charge in [0.2, 0.25) is 0 Å². The first-order chi connectivity index (χ1) is 11.4. The van der Waals surface area contributed by atoms with E-state index < -0.39 is 0 Å². The van der Waals surface area contributed by atoms with Crippen molar-refractivity contribution in [1.82, 2.24) is 5.32 Å². The summed E-state index contributed by atoms with van der Waals surface area (Å²) < 4.78 is 10.5. The number of ketones is 1. The van der Waals surface area contributed by atoms with Crippen LogP contribution in [0.1, 0.15) is 46.5 Å². The van der Waals surface area contributed by atoms with Crippen molar-refractivity contribution < 1.29 is 23.9 Å². The molecule has 6 nitrogen and oxygen atoms in total. The molecule has 0 saturated heterocycles. The van der Waals surface area contributed by atoms with Gasteiger partial charge in [-0.05, 0) is 19.9 Å². The van der Waals surface area contributed by atoms with E-state index in [9.17, 15) is 14.4 Å². The van der Waals surface area contributed by atoms with Gasteiger partial charge in [-0.3, -0.25) is 14.4 Å². The average molecular weight is 362 g/mol. The third-order valence-corrected chi connectivity index (χ3v) is 4.72. The maximum Gasteiger partial charge on any atom is 0.305 e. The summed E-state index contributed by atoms with van der Waals surface area (Å²) in [5.41, 5.74) is 0. The van der Waals surface area contributed by atoms with Crippen molar-refractivity contribution in [2.75, 3.05) is 31.7 Å². The Labute approximate surface area is 149 Å². The Kier molecular flexibility index (Phi) is 13.6. The SMILES string of the molecule is CCC(=O)OCCC[C@@H](CSC[C@H](C)C(=O)CNC)OC(=O)CC. The lowest BCUT2D eigenvalue weighted by Crippen LogP contribution is -2.26. The molecule has 0 aliphatic heterocycles. The minimum atomic E-state index is -0.231. The predicted molar refractivity (Wildman–Crippen MR) is 96.1 cm³/mol. The van der Waals surface area contributed by atoms with Crippen LogP contribution in [0, 0.1) is 5.92 Å². The van der Waals surface area contributed by atoms with Crippen molar-refractivity contribution in [3.05, 3.63) is 0 Å². The number of rotatable bonds is 14. The summed E-state index contributed by atoms with van der Waals surface area (Å²) in [6, 6.07) is 0. The lowest BCUT2D eigenvalue weighted by molar-refractivity contribution is -0.149. The van der Waals surface area contributed by atoms with Gasteiger partial charge in [-0.1, -0.05) is 20.8 Å². The second kappa shape index (κ2) is 14.3. The Morgan fingerprint density at radius 1 is 1.08 bits per heavy atom. The van der Waals surface area contributed by atoms with Crippen LogP contribution in [-0.2, 0) is 23.9 Å². The van der Waals surface area contributed by atoms with Crippen LogP contribution in [0.5, 0.6) is 0 Å². The van der Waals surface area contributed by atoms with Gasteiger partial charge in [-0.2, -0.15) is 11.8 Å². The Morgan fingerprint density at radius 3 is 2.33 bits per heavy atom. The lowest BCUT2D eigenvalue weighted by Gasteiger charge is -2.18. The van der Waals surface area contributed by atoms with Gasteiger partial charge >= 0.3 is 11.9 Å². The molecule has 0 fully saturated rings. The predicted octanol–water partition coefficient (Wildman–Crippen LogP) is 2.20. The van der Waals surface area contributed by atoms with E-state index in [0.717, 1.165) is 0 Å². The van der Waals surface area contributed by atoms with Gasteiger partial charge in [0.1, 0.15) is 11.9 Å². The first kappa shape index (κ1) is 22.9. The number of hydrogen-bond acceptors (Lipinski definition) is 7. The van der Waals surface area contributed by atoms with E-state index in [4.69, 9.17) is 9.47 Å². The van der Waals surface area contributed by atoms with Crippen molar-refractivity contribution in [1.29, 1.82) is 0 Å². The van der Waals surface area contributed by atoms with Crippen LogP contribution in [0.2, 0.25) is 0 Å². The van der Waals surface area contributed by atoms with Gasteiger partial charge in [0.05, 0.1) is 13.2 Å². The Hall–Kier alpha value is -1.08. The molecule has 0 bridgehead atoms. The molecular formula is C17H31NO5S. The van der Waals surface area contributed by atoms with E-state index in [1.165, 1.54) is 0 Å². The highest BCUT2D eigenvalue weighted by atomic mass is 32.2. The molecule has 0 aromatic heterocycles. The van der Waals surface area contributed by atoms with Gasteiger partial charge in [-0.25, -0.2) is 0 Å². The minimum Gasteiger partial charge on any atom is -0.466 e. The largest absolute Gasteiger partial charge is 0.466 e. The lowest BCUT2D eigenvalue weighted by atomic mass is 10.1. The zero-order chi connectivity index (χ0) is 18.4. The van der Waals surface area contributed by atoms with Crippen molar-refractivity contribution in [2.24, 2.45) is 5.92 Å². The summed E-state index contributed by atoms with van der Waals surface area (Å²) in [4.78, 5) is 34.4. The summed E-state index contributed by atoms with van der Waals surface area (Å²) in [6.45, 7) is 6.13. The molecule has 0 amide bonds. The third-order valence-electron chi connectivity index (χ3n) is 3.38. The number of ether oxygens (including phenoxy) is 2. The number of thioether (sulfide) groups is 1. The highest BCUT2D eigenvalue weighted by molar-refractivity contribution is 7.99. The van der Waals surface area contributed by atoms with Crippen molar-refractivity contribution in [2.45, 2.75) is 52.6 Å². The molecule has 0 saturated carbocycles. The van der Waals surface area contributed by atoms with Crippen molar-refractivity contribution in [3.63, 3.8) is 0 Å². The molecule has 140 valence electrons. The Morgan fingerprint density at radius 2 is 1.75 bits per heavy atom. The summed E-state index contributed by atoms with van der Waals surface area (Å²) in [6.07, 6.45) is 1.79. The Balaban J connectivity index is 4.18. The zero-order valence-corrected chi connectivity index (χ0v) is 16.1. The van der Waals surface area contributed by atoms with Crippen molar-refractivity contribution >= 4 is 29.5 Å². The summed E-state index contributed by atoms with van der Waals surface area (Å²) >= 11 is 1.61. The fraction of sp³-hybridized carbons (Fsp3) is 0.824. The van der Waals surface area contributed by atoms with E-state index in [2.05, 4.69) is 5.32 Å². The normalized spacial score (nSPS) is 13.2. The molecule has 7 heteroatoms. The highest BCUT2D eigenvalue weighted by Gasteiger charge is 2.17. The van der Waals surface area contributed by atoms with E-state index in [-0.39, 0.29) is 29.7 Å². The number of likely N-dealkylation sites (N-methyl/N-ethyl adjacent to an activating group) is 1. The number of nitrogens with one attached hydrogen (secondary N) is 1. The van der Waals surface area contributed by atoms with Crippen LogP contribution in [0.25, 0.3) is 0 Å². The molecule has 0 aliphatic rings. The standard InChI is InChI=1S/C17H31NO5S/c1-5-16(20)22-9-7-8-14(23-17(21)6-2)12-24-11-13(3)15(19)10-18-4/h13-14,18H,5-12H2,1-4H3/t13-,14-/m0/s1. The molecule has 24 heavy (non-hydrogen) atoms. The van der Waals surface area contributed by atoms with Gasteiger partial charge in [0.25, 0.3) is 0 Å². The maximum atomic E-state index is 11.7. The van der Waals surface area contributed by atoms with Crippen LogP contribution in [0.15, 0.2) is 0 Å². The van der Waals surface area contributed by atoms with E-state index in [1.54, 1.807) is 32.7 Å². The molecule has 1 N–H and O–H groups in total. The quantitative estimate of drug-likeness (QED) is 0.375. The van der Waals surface area contributed by atoms with Crippen LogP contribution in [-0.4, -0.2) is 55.5 Å². The molecule has 0 heterocycles. The first-order valence-corrected chi connectivity index (χ1v) is 9.70. The molecule has 0 spiro atoms. The Bertz CT molecular complexity index is 389.